The number of nitrogens with one attached hydrogen (secondary N) is 1. The molecule has 0 atom stereocenters. The zero-order valence-electron chi connectivity index (χ0n) is 18.4. The molecule has 9 heteroatoms. The lowest BCUT2D eigenvalue weighted by molar-refractivity contribution is -0.135. The molecule has 0 aromatic heterocycles. The number of ether oxygens (including phenoxy) is 1. The Hall–Kier alpha value is -2.91. The van der Waals surface area contributed by atoms with Crippen LogP contribution in [0.25, 0.3) is 0 Å². The number of anilines is 1. The fourth-order valence-corrected chi connectivity index (χ4v) is 4.15. The summed E-state index contributed by atoms with van der Waals surface area (Å²) < 4.78 is 28.5. The molecule has 0 radical (unpaired) electrons. The summed E-state index contributed by atoms with van der Waals surface area (Å²) in [6.07, 6.45) is 1.99. The number of para-hydroxylation sites is 1. The molecule has 1 fully saturated rings. The largest absolute Gasteiger partial charge is 0.484 e. The van der Waals surface area contributed by atoms with Crippen molar-refractivity contribution in [2.45, 2.75) is 18.2 Å². The minimum Gasteiger partial charge on any atom is -0.484 e. The van der Waals surface area contributed by atoms with Crippen molar-refractivity contribution < 1.29 is 22.7 Å². The first-order valence-corrected chi connectivity index (χ1v) is 12.5. The summed E-state index contributed by atoms with van der Waals surface area (Å²) >= 11 is 0. The predicted octanol–water partition coefficient (Wildman–Crippen LogP) is 1.81. The number of hydrogen-bond acceptors (Lipinski definition) is 6. The summed E-state index contributed by atoms with van der Waals surface area (Å²) in [6.45, 7) is 4.47. The highest BCUT2D eigenvalue weighted by Gasteiger charge is 2.23. The number of piperazine rings is 1. The first-order chi connectivity index (χ1) is 15.3. The Balaban J connectivity index is 1.42. The van der Waals surface area contributed by atoms with E-state index in [1.807, 2.05) is 29.2 Å². The van der Waals surface area contributed by atoms with Gasteiger partial charge in [-0.2, -0.15) is 0 Å². The summed E-state index contributed by atoms with van der Waals surface area (Å²) in [5, 5.41) is 2.98. The number of hydrogen-bond donors (Lipinski definition) is 1. The number of carbonyl (C=O) groups is 2. The van der Waals surface area contributed by atoms with Crippen LogP contribution in [0.3, 0.4) is 0 Å². The lowest BCUT2D eigenvalue weighted by Gasteiger charge is -2.34. The maximum absolute atomic E-state index is 12.4. The van der Waals surface area contributed by atoms with Gasteiger partial charge >= 0.3 is 0 Å². The molecule has 0 saturated carbocycles. The van der Waals surface area contributed by atoms with Crippen LogP contribution >= 0.6 is 0 Å². The van der Waals surface area contributed by atoms with Gasteiger partial charge in [0, 0.05) is 38.1 Å². The van der Waals surface area contributed by atoms with Gasteiger partial charge < -0.3 is 15.0 Å². The highest BCUT2D eigenvalue weighted by atomic mass is 32.2. The van der Waals surface area contributed by atoms with E-state index in [0.717, 1.165) is 23.9 Å². The van der Waals surface area contributed by atoms with Crippen molar-refractivity contribution in [3.8, 4) is 5.75 Å². The van der Waals surface area contributed by atoms with Crippen molar-refractivity contribution in [3.05, 3.63) is 54.1 Å². The number of carbonyl (C=O) groups excluding carboxylic acids is 2. The maximum Gasteiger partial charge on any atom is 0.260 e. The van der Waals surface area contributed by atoms with Gasteiger partial charge in [-0.3, -0.25) is 14.5 Å². The molecule has 0 aliphatic carbocycles. The van der Waals surface area contributed by atoms with Gasteiger partial charge in [-0.25, -0.2) is 8.42 Å². The topological polar surface area (TPSA) is 96.0 Å². The van der Waals surface area contributed by atoms with Gasteiger partial charge in [-0.1, -0.05) is 25.1 Å². The second-order valence-corrected chi connectivity index (χ2v) is 9.76. The monoisotopic (exact) mass is 459 g/mol. The first-order valence-electron chi connectivity index (χ1n) is 10.6. The number of aryl methyl sites for hydroxylation is 1. The lowest BCUT2D eigenvalue weighted by Crippen LogP contribution is -2.51. The summed E-state index contributed by atoms with van der Waals surface area (Å²) in [5.74, 6) is 0.234. The van der Waals surface area contributed by atoms with Crippen molar-refractivity contribution in [2.75, 3.05) is 50.9 Å². The van der Waals surface area contributed by atoms with Gasteiger partial charge in [0.2, 0.25) is 5.91 Å². The molecule has 8 nitrogen and oxygen atoms in total. The van der Waals surface area contributed by atoms with Crippen LogP contribution in [0.5, 0.6) is 5.75 Å². The highest BCUT2D eigenvalue weighted by Crippen LogP contribution is 2.17. The minimum absolute atomic E-state index is 0.0634. The Labute approximate surface area is 189 Å². The Bertz CT molecular complexity index is 1050. The van der Waals surface area contributed by atoms with Gasteiger partial charge in [-0.05, 0) is 42.3 Å². The van der Waals surface area contributed by atoms with Crippen LogP contribution in [-0.2, 0) is 25.8 Å². The molecule has 0 bridgehead atoms. The molecule has 1 aliphatic rings. The second kappa shape index (κ2) is 10.6. The predicted molar refractivity (Wildman–Crippen MR) is 123 cm³/mol. The third kappa shape index (κ3) is 6.54. The molecular weight excluding hydrogens is 430 g/mol. The van der Waals surface area contributed by atoms with Crippen molar-refractivity contribution >= 4 is 27.3 Å². The Kier molecular flexibility index (Phi) is 7.87. The average molecular weight is 460 g/mol. The molecule has 172 valence electrons. The first kappa shape index (κ1) is 23.7. The van der Waals surface area contributed by atoms with Crippen LogP contribution in [0.1, 0.15) is 12.5 Å². The van der Waals surface area contributed by atoms with Crippen LogP contribution in [0, 0.1) is 0 Å². The molecule has 1 saturated heterocycles. The number of nitrogens with zero attached hydrogens (tertiary/aromatic N) is 2. The van der Waals surface area contributed by atoms with Gasteiger partial charge in [0.1, 0.15) is 5.75 Å². The number of sulfone groups is 1. The SMILES string of the molecule is CCc1ccccc1NC(=O)CN1CCN(C(=O)COc2ccc(S(C)(=O)=O)cc2)CC1. The summed E-state index contributed by atoms with van der Waals surface area (Å²) in [6, 6.07) is 13.8. The van der Waals surface area contributed by atoms with E-state index in [-0.39, 0.29) is 29.9 Å². The molecule has 2 aromatic rings. The third-order valence-electron chi connectivity index (χ3n) is 5.38. The average Bonchev–Trinajstić information content (AvgIpc) is 2.78. The van der Waals surface area contributed by atoms with Crippen molar-refractivity contribution in [3.63, 3.8) is 0 Å². The van der Waals surface area contributed by atoms with E-state index in [9.17, 15) is 18.0 Å². The summed E-state index contributed by atoms with van der Waals surface area (Å²) in [7, 11) is -3.27. The Morgan fingerprint density at radius 2 is 1.66 bits per heavy atom. The molecule has 2 aromatic carbocycles. The van der Waals surface area contributed by atoms with E-state index in [2.05, 4.69) is 12.2 Å². The normalized spacial score (nSPS) is 14.8. The quantitative estimate of drug-likeness (QED) is 0.647. The fraction of sp³-hybridized carbons (Fsp3) is 0.391. The number of benzene rings is 2. The van der Waals surface area contributed by atoms with E-state index in [4.69, 9.17) is 4.74 Å². The lowest BCUT2D eigenvalue weighted by atomic mass is 10.1. The number of amides is 2. The molecule has 1 N–H and O–H groups in total. The van der Waals surface area contributed by atoms with E-state index < -0.39 is 9.84 Å². The zero-order valence-corrected chi connectivity index (χ0v) is 19.2. The summed E-state index contributed by atoms with van der Waals surface area (Å²) in [4.78, 5) is 28.8. The molecule has 0 unspecified atom stereocenters. The minimum atomic E-state index is -3.27. The van der Waals surface area contributed by atoms with E-state index >= 15 is 0 Å². The molecule has 1 aliphatic heterocycles. The maximum atomic E-state index is 12.4. The molecule has 3 rings (SSSR count). The van der Waals surface area contributed by atoms with E-state index in [0.29, 0.717) is 31.9 Å². The van der Waals surface area contributed by atoms with Crippen molar-refractivity contribution in [1.29, 1.82) is 0 Å². The smallest absolute Gasteiger partial charge is 0.260 e. The van der Waals surface area contributed by atoms with Gasteiger partial charge in [0.15, 0.2) is 16.4 Å². The van der Waals surface area contributed by atoms with E-state index in [1.165, 1.54) is 24.3 Å². The Morgan fingerprint density at radius 3 is 2.28 bits per heavy atom. The van der Waals surface area contributed by atoms with E-state index in [1.54, 1.807) is 4.90 Å². The Morgan fingerprint density at radius 1 is 1.00 bits per heavy atom. The molecule has 0 spiro atoms. The van der Waals surface area contributed by atoms with Crippen LogP contribution < -0.4 is 10.1 Å². The molecular formula is C23H29N3O5S. The van der Waals surface area contributed by atoms with Crippen molar-refractivity contribution in [1.82, 2.24) is 9.80 Å². The molecule has 2 amide bonds. The third-order valence-corrected chi connectivity index (χ3v) is 6.51. The second-order valence-electron chi connectivity index (χ2n) is 7.75. The highest BCUT2D eigenvalue weighted by molar-refractivity contribution is 7.90. The van der Waals surface area contributed by atoms with Crippen LogP contribution in [0.15, 0.2) is 53.4 Å². The number of rotatable bonds is 8. The molecule has 32 heavy (non-hydrogen) atoms. The van der Waals surface area contributed by atoms with Crippen molar-refractivity contribution in [2.24, 2.45) is 0 Å². The standard InChI is InChI=1S/C23H29N3O5S/c1-3-18-6-4-5-7-21(18)24-22(27)16-25-12-14-26(15-13-25)23(28)17-31-19-8-10-20(11-9-19)32(2,29)30/h4-11H,3,12-17H2,1-2H3,(H,24,27). The van der Waals surface area contributed by atoms with Crippen LogP contribution in [0.4, 0.5) is 5.69 Å². The zero-order chi connectivity index (χ0) is 23.1. The van der Waals surface area contributed by atoms with Crippen LogP contribution in [0.2, 0.25) is 0 Å². The summed E-state index contributed by atoms with van der Waals surface area (Å²) in [5.41, 5.74) is 1.94. The van der Waals surface area contributed by atoms with Gasteiger partial charge in [0.25, 0.3) is 5.91 Å². The van der Waals surface area contributed by atoms with Gasteiger partial charge in [-0.15, -0.1) is 0 Å². The molecule has 1 heterocycles. The van der Waals surface area contributed by atoms with Crippen LogP contribution in [-0.4, -0.2) is 75.6 Å². The van der Waals surface area contributed by atoms with Gasteiger partial charge in [0.05, 0.1) is 11.4 Å². The fourth-order valence-electron chi connectivity index (χ4n) is 3.52.